The molecule has 0 spiro atoms. The topological polar surface area (TPSA) is 214 Å². The maximum absolute atomic E-state index is 13.0. The van der Waals surface area contributed by atoms with E-state index in [4.69, 9.17) is 28.4 Å². The second kappa shape index (κ2) is 37.5. The fourth-order valence-corrected chi connectivity index (χ4v) is 7.05. The van der Waals surface area contributed by atoms with Crippen LogP contribution in [0.15, 0.2) is 72.9 Å². The van der Waals surface area contributed by atoms with E-state index in [9.17, 15) is 40.5 Å². The molecule has 14 heteroatoms. The highest BCUT2D eigenvalue weighted by molar-refractivity contribution is 5.69. The lowest BCUT2D eigenvalue weighted by atomic mass is 9.98. The van der Waals surface area contributed by atoms with Crippen LogP contribution >= 0.6 is 0 Å². The zero-order chi connectivity index (χ0) is 46.6. The summed E-state index contributed by atoms with van der Waals surface area (Å²) in [6.45, 7) is 3.29. The number of unbranched alkanes of at least 4 members (excludes halogenated alkanes) is 10. The van der Waals surface area contributed by atoms with Crippen molar-refractivity contribution in [3.8, 4) is 0 Å². The van der Waals surface area contributed by atoms with Gasteiger partial charge in [0.15, 0.2) is 12.6 Å². The maximum Gasteiger partial charge on any atom is 0.306 e. The Morgan fingerprint density at radius 3 is 1.59 bits per heavy atom. The molecule has 0 aromatic carbocycles. The summed E-state index contributed by atoms with van der Waals surface area (Å²) in [5.74, 6) is -0.414. The van der Waals surface area contributed by atoms with Crippen molar-refractivity contribution in [1.82, 2.24) is 0 Å². The van der Waals surface area contributed by atoms with Gasteiger partial charge in [0.1, 0.15) is 54.9 Å². The quantitative estimate of drug-likeness (QED) is 0.0208. The normalized spacial score (nSPS) is 27.4. The average molecular weight is 909 g/mol. The second-order valence-corrected chi connectivity index (χ2v) is 16.5. The molecule has 0 bridgehead atoms. The lowest BCUT2D eigenvalue weighted by Crippen LogP contribution is -2.61. The second-order valence-electron chi connectivity index (χ2n) is 16.5. The van der Waals surface area contributed by atoms with Crippen LogP contribution in [0.5, 0.6) is 0 Å². The van der Waals surface area contributed by atoms with E-state index in [0.29, 0.717) is 19.4 Å². The van der Waals surface area contributed by atoms with Gasteiger partial charge in [-0.05, 0) is 70.6 Å². The zero-order valence-corrected chi connectivity index (χ0v) is 38.7. The summed E-state index contributed by atoms with van der Waals surface area (Å²) in [7, 11) is 0. The molecule has 0 radical (unpaired) electrons. The summed E-state index contributed by atoms with van der Waals surface area (Å²) in [6, 6.07) is 0. The van der Waals surface area contributed by atoms with Gasteiger partial charge in [-0.15, -0.1) is 0 Å². The van der Waals surface area contributed by atoms with Crippen LogP contribution in [0.25, 0.3) is 0 Å². The molecular weight excluding hydrogens is 825 g/mol. The van der Waals surface area contributed by atoms with E-state index in [1.165, 1.54) is 32.1 Å². The molecule has 2 fully saturated rings. The van der Waals surface area contributed by atoms with Gasteiger partial charge in [0.2, 0.25) is 0 Å². The fourth-order valence-electron chi connectivity index (χ4n) is 7.05. The minimum Gasteiger partial charge on any atom is -0.457 e. The van der Waals surface area contributed by atoms with Crippen LogP contribution in [0.4, 0.5) is 0 Å². The molecule has 0 aromatic rings. The van der Waals surface area contributed by atoms with Gasteiger partial charge in [0.05, 0.1) is 33.0 Å². The van der Waals surface area contributed by atoms with Crippen molar-refractivity contribution in [2.45, 2.75) is 203 Å². The van der Waals surface area contributed by atoms with Crippen molar-refractivity contribution in [1.29, 1.82) is 0 Å². The van der Waals surface area contributed by atoms with Crippen LogP contribution < -0.4 is 0 Å². The number of esters is 1. The number of hydrogen-bond donors (Lipinski definition) is 7. The number of aliphatic hydroxyl groups is 7. The first kappa shape index (κ1) is 57.6. The minimum absolute atomic E-state index is 0.000344. The van der Waals surface area contributed by atoms with Crippen LogP contribution in [0, 0.1) is 0 Å². The molecule has 14 nitrogen and oxygen atoms in total. The molecule has 7 N–H and O–H groups in total. The van der Waals surface area contributed by atoms with Gasteiger partial charge in [-0.2, -0.15) is 0 Å². The first-order valence-corrected chi connectivity index (χ1v) is 24.0. The summed E-state index contributed by atoms with van der Waals surface area (Å²) >= 11 is 0. The van der Waals surface area contributed by atoms with Gasteiger partial charge in [0, 0.05) is 6.42 Å². The van der Waals surface area contributed by atoms with Crippen LogP contribution in [0.2, 0.25) is 0 Å². The van der Waals surface area contributed by atoms with Crippen LogP contribution in [0.1, 0.15) is 136 Å². The van der Waals surface area contributed by atoms with E-state index in [1.807, 2.05) is 6.08 Å². The van der Waals surface area contributed by atoms with Gasteiger partial charge < -0.3 is 64.2 Å². The van der Waals surface area contributed by atoms with Crippen molar-refractivity contribution in [2.24, 2.45) is 0 Å². The van der Waals surface area contributed by atoms with Crippen LogP contribution in [-0.2, 0) is 33.2 Å². The Morgan fingerprint density at radius 2 is 1.02 bits per heavy atom. The number of rotatable bonds is 36. The van der Waals surface area contributed by atoms with Gasteiger partial charge in [-0.1, -0.05) is 132 Å². The predicted octanol–water partition coefficient (Wildman–Crippen LogP) is 6.34. The Labute approximate surface area is 383 Å². The lowest BCUT2D eigenvalue weighted by molar-refractivity contribution is -0.332. The predicted molar refractivity (Wildman–Crippen MR) is 247 cm³/mol. The smallest absolute Gasteiger partial charge is 0.306 e. The summed E-state index contributed by atoms with van der Waals surface area (Å²) in [5.41, 5.74) is 0. The Kier molecular flexibility index (Phi) is 33.7. The SMILES string of the molecule is CC/C=C\C/C=C\C/C=C\C/C=C\C/C=C\CCOCC(COC1OC(COC2OC(CO)C(O)C(O)C2O)C(O)C(O)C1O)OC(=O)CCCCCCC/C=C\CCCCCCC. The minimum atomic E-state index is -1.72. The van der Waals surface area contributed by atoms with E-state index in [0.717, 1.165) is 70.6 Å². The number of carbonyl (C=O) groups is 1. The molecule has 64 heavy (non-hydrogen) atoms. The number of hydrogen-bond acceptors (Lipinski definition) is 14. The monoisotopic (exact) mass is 909 g/mol. The molecule has 0 aromatic heterocycles. The molecule has 2 rings (SSSR count). The first-order valence-electron chi connectivity index (χ1n) is 24.0. The molecular formula is C50H84O14. The van der Waals surface area contributed by atoms with Crippen molar-refractivity contribution >= 4 is 5.97 Å². The highest BCUT2D eigenvalue weighted by Crippen LogP contribution is 2.26. The van der Waals surface area contributed by atoms with E-state index in [-0.39, 0.29) is 19.6 Å². The van der Waals surface area contributed by atoms with Crippen molar-refractivity contribution in [3.05, 3.63) is 72.9 Å². The van der Waals surface area contributed by atoms with Gasteiger partial charge in [-0.25, -0.2) is 0 Å². The Balaban J connectivity index is 1.84. The molecule has 11 unspecified atom stereocenters. The van der Waals surface area contributed by atoms with E-state index >= 15 is 0 Å². The maximum atomic E-state index is 13.0. The summed E-state index contributed by atoms with van der Waals surface area (Å²) in [6.07, 6.45) is 28.5. The average Bonchev–Trinajstić information content (AvgIpc) is 3.29. The van der Waals surface area contributed by atoms with Crippen molar-refractivity contribution in [3.63, 3.8) is 0 Å². The van der Waals surface area contributed by atoms with Gasteiger partial charge >= 0.3 is 5.97 Å². The first-order chi connectivity index (χ1) is 31.1. The molecule has 368 valence electrons. The largest absolute Gasteiger partial charge is 0.457 e. The molecule has 2 saturated heterocycles. The summed E-state index contributed by atoms with van der Waals surface area (Å²) < 4.78 is 34.1. The molecule has 0 amide bonds. The number of carbonyl (C=O) groups excluding carboxylic acids is 1. The van der Waals surface area contributed by atoms with Crippen molar-refractivity contribution in [2.75, 3.05) is 33.0 Å². The fraction of sp³-hybridized carbons (Fsp3) is 0.740. The van der Waals surface area contributed by atoms with Gasteiger partial charge in [0.25, 0.3) is 0 Å². The standard InChI is InChI=1S/C50H84O14/c1-3-5-7-9-11-13-15-17-19-20-22-24-26-28-30-32-34-59-36-39(62-42(52)33-31-29-27-25-23-21-18-16-14-12-10-8-6-4-2)37-60-49-48(58)46(56)44(54)41(64-49)38-61-50-47(57)45(55)43(53)40(35-51)63-50/h5,7,11,13,16-19,22,24,28,30,39-41,43-51,53-58H,3-4,6,8-10,12,14-15,20-21,23,25-27,29,31-38H2,1-2H3/b7-5-,13-11-,18-16-,19-17-,24-22-,30-28-. The summed E-state index contributed by atoms with van der Waals surface area (Å²) in [5, 5.41) is 72.0. The van der Waals surface area contributed by atoms with Crippen LogP contribution in [0.3, 0.4) is 0 Å². The molecule has 0 saturated carbocycles. The van der Waals surface area contributed by atoms with Crippen molar-refractivity contribution < 1.29 is 69.0 Å². The molecule has 2 aliphatic heterocycles. The third kappa shape index (κ3) is 25.4. The Hall–Kier alpha value is -2.57. The van der Waals surface area contributed by atoms with E-state index in [2.05, 4.69) is 80.7 Å². The molecule has 11 atom stereocenters. The third-order valence-corrected chi connectivity index (χ3v) is 11.0. The molecule has 2 heterocycles. The number of ether oxygens (including phenoxy) is 6. The van der Waals surface area contributed by atoms with Gasteiger partial charge in [-0.3, -0.25) is 4.79 Å². The summed E-state index contributed by atoms with van der Waals surface area (Å²) in [4.78, 5) is 13.0. The molecule has 2 aliphatic rings. The zero-order valence-electron chi connectivity index (χ0n) is 38.7. The Bertz CT molecular complexity index is 1330. The van der Waals surface area contributed by atoms with E-state index < -0.39 is 86.7 Å². The number of allylic oxidation sites excluding steroid dienone is 11. The highest BCUT2D eigenvalue weighted by Gasteiger charge is 2.47. The lowest BCUT2D eigenvalue weighted by Gasteiger charge is -2.42. The van der Waals surface area contributed by atoms with Crippen LogP contribution in [-0.4, -0.2) is 142 Å². The highest BCUT2D eigenvalue weighted by atomic mass is 16.7. The third-order valence-electron chi connectivity index (χ3n) is 11.0. The molecule has 0 aliphatic carbocycles. The van der Waals surface area contributed by atoms with E-state index in [1.54, 1.807) is 0 Å². The Morgan fingerprint density at radius 1 is 0.531 bits per heavy atom. The number of aliphatic hydroxyl groups excluding tert-OH is 7.